The molecule has 0 saturated heterocycles. The number of aryl methyl sites for hydroxylation is 2. The zero-order valence-electron chi connectivity index (χ0n) is 11.7. The van der Waals surface area contributed by atoms with Crippen LogP contribution in [-0.2, 0) is 13.1 Å². The molecule has 0 aliphatic heterocycles. The average Bonchev–Trinajstić information content (AvgIpc) is 2.84. The first kappa shape index (κ1) is 14.0. The number of nitrogens with zero attached hydrogens (tertiary/aromatic N) is 3. The highest BCUT2D eigenvalue weighted by Crippen LogP contribution is 2.21. The molecule has 1 heterocycles. The molecule has 2 aromatic rings. The lowest BCUT2D eigenvalue weighted by Crippen LogP contribution is -2.07. The van der Waals surface area contributed by atoms with Crippen molar-refractivity contribution in [3.8, 4) is 0 Å². The van der Waals surface area contributed by atoms with Crippen LogP contribution in [0.25, 0.3) is 0 Å². The Morgan fingerprint density at radius 3 is 2.90 bits per heavy atom. The second-order valence-electron chi connectivity index (χ2n) is 4.69. The lowest BCUT2D eigenvalue weighted by atomic mass is 10.2. The fourth-order valence-electron chi connectivity index (χ4n) is 2.10. The molecule has 6 nitrogen and oxygen atoms in total. The van der Waals surface area contributed by atoms with Crippen LogP contribution < -0.4 is 5.32 Å². The summed E-state index contributed by atoms with van der Waals surface area (Å²) in [7, 11) is 0. The van der Waals surface area contributed by atoms with E-state index in [4.69, 9.17) is 0 Å². The van der Waals surface area contributed by atoms with Crippen LogP contribution in [0.2, 0.25) is 0 Å². The van der Waals surface area contributed by atoms with Gasteiger partial charge in [-0.05, 0) is 25.5 Å². The van der Waals surface area contributed by atoms with Crippen molar-refractivity contribution in [3.63, 3.8) is 0 Å². The topological polar surface area (TPSA) is 73.0 Å². The molecule has 1 aromatic heterocycles. The standard InChI is InChI=1S/C14H18N4O2/c1-3-6-17-10-15-8-13(17)9-16-12-4-5-14(18(19)20)11(2)7-12/h4-5,7-8,10,16H,3,6,9H2,1-2H3. The van der Waals surface area contributed by atoms with Crippen molar-refractivity contribution in [3.05, 3.63) is 52.1 Å². The first-order chi connectivity index (χ1) is 9.61. The van der Waals surface area contributed by atoms with Crippen LogP contribution in [-0.4, -0.2) is 14.5 Å². The molecule has 106 valence electrons. The van der Waals surface area contributed by atoms with E-state index in [0.717, 1.165) is 24.3 Å². The Hall–Kier alpha value is -2.37. The largest absolute Gasteiger partial charge is 0.379 e. The molecule has 0 amide bonds. The molecule has 0 aliphatic carbocycles. The van der Waals surface area contributed by atoms with Gasteiger partial charge in [0.2, 0.25) is 0 Å². The summed E-state index contributed by atoms with van der Waals surface area (Å²) in [5.74, 6) is 0. The predicted octanol–water partition coefficient (Wildman–Crippen LogP) is 3.12. The minimum Gasteiger partial charge on any atom is -0.379 e. The van der Waals surface area contributed by atoms with Crippen LogP contribution in [0, 0.1) is 17.0 Å². The van der Waals surface area contributed by atoms with Gasteiger partial charge in [0.15, 0.2) is 0 Å². The number of imidazole rings is 1. The van der Waals surface area contributed by atoms with Gasteiger partial charge in [-0.15, -0.1) is 0 Å². The van der Waals surface area contributed by atoms with Gasteiger partial charge in [-0.2, -0.15) is 0 Å². The Bertz CT molecular complexity index is 607. The van der Waals surface area contributed by atoms with Gasteiger partial charge in [0.05, 0.1) is 23.5 Å². The molecule has 1 N–H and O–H groups in total. The third-order valence-electron chi connectivity index (χ3n) is 3.13. The lowest BCUT2D eigenvalue weighted by Gasteiger charge is -2.09. The highest BCUT2D eigenvalue weighted by molar-refractivity contribution is 5.53. The number of hydrogen-bond donors (Lipinski definition) is 1. The van der Waals surface area contributed by atoms with Crippen molar-refractivity contribution in [2.45, 2.75) is 33.4 Å². The molecule has 0 saturated carbocycles. The van der Waals surface area contributed by atoms with Crippen molar-refractivity contribution in [2.75, 3.05) is 5.32 Å². The van der Waals surface area contributed by atoms with Gasteiger partial charge in [0, 0.05) is 30.1 Å². The third kappa shape index (κ3) is 3.14. The lowest BCUT2D eigenvalue weighted by molar-refractivity contribution is -0.385. The Morgan fingerprint density at radius 1 is 1.45 bits per heavy atom. The van der Waals surface area contributed by atoms with E-state index in [1.165, 1.54) is 6.07 Å². The van der Waals surface area contributed by atoms with Gasteiger partial charge in [0.1, 0.15) is 0 Å². The predicted molar refractivity (Wildman–Crippen MR) is 77.7 cm³/mol. The summed E-state index contributed by atoms with van der Waals surface area (Å²) in [4.78, 5) is 14.5. The van der Waals surface area contributed by atoms with Crippen LogP contribution in [0.4, 0.5) is 11.4 Å². The first-order valence-corrected chi connectivity index (χ1v) is 6.59. The monoisotopic (exact) mass is 274 g/mol. The molecule has 0 spiro atoms. The molecule has 0 unspecified atom stereocenters. The number of nitro benzene ring substituents is 1. The molecule has 0 fully saturated rings. The van der Waals surface area contributed by atoms with Crippen molar-refractivity contribution in [1.29, 1.82) is 0 Å². The SMILES string of the molecule is CCCn1cncc1CNc1ccc([N+](=O)[O-])c(C)c1. The summed E-state index contributed by atoms with van der Waals surface area (Å²) >= 11 is 0. The summed E-state index contributed by atoms with van der Waals surface area (Å²) in [5.41, 5.74) is 2.77. The number of hydrogen-bond acceptors (Lipinski definition) is 4. The molecule has 1 aromatic carbocycles. The quantitative estimate of drug-likeness (QED) is 0.648. The van der Waals surface area contributed by atoms with E-state index in [2.05, 4.69) is 21.8 Å². The molecule has 0 aliphatic rings. The smallest absolute Gasteiger partial charge is 0.272 e. The second kappa shape index (κ2) is 6.18. The Kier molecular flexibility index (Phi) is 4.34. The normalized spacial score (nSPS) is 10.5. The van der Waals surface area contributed by atoms with E-state index in [1.54, 1.807) is 19.1 Å². The average molecular weight is 274 g/mol. The Balaban J connectivity index is 2.05. The van der Waals surface area contributed by atoms with Crippen molar-refractivity contribution in [1.82, 2.24) is 9.55 Å². The summed E-state index contributed by atoms with van der Waals surface area (Å²) < 4.78 is 2.10. The van der Waals surface area contributed by atoms with Crippen LogP contribution in [0.5, 0.6) is 0 Å². The van der Waals surface area contributed by atoms with E-state index in [0.29, 0.717) is 12.1 Å². The number of anilines is 1. The van der Waals surface area contributed by atoms with Gasteiger partial charge in [0.25, 0.3) is 5.69 Å². The minimum absolute atomic E-state index is 0.145. The number of rotatable bonds is 6. The van der Waals surface area contributed by atoms with Gasteiger partial charge in [-0.3, -0.25) is 10.1 Å². The van der Waals surface area contributed by atoms with E-state index < -0.39 is 0 Å². The third-order valence-corrected chi connectivity index (χ3v) is 3.13. The van der Waals surface area contributed by atoms with Crippen molar-refractivity contribution >= 4 is 11.4 Å². The first-order valence-electron chi connectivity index (χ1n) is 6.59. The summed E-state index contributed by atoms with van der Waals surface area (Å²) in [6.45, 7) is 5.45. The van der Waals surface area contributed by atoms with Gasteiger partial charge in [-0.25, -0.2) is 4.98 Å². The molecule has 20 heavy (non-hydrogen) atoms. The van der Waals surface area contributed by atoms with E-state index in [-0.39, 0.29) is 10.6 Å². The molecule has 2 rings (SSSR count). The maximum absolute atomic E-state index is 10.8. The zero-order chi connectivity index (χ0) is 14.5. The van der Waals surface area contributed by atoms with E-state index in [1.807, 2.05) is 12.5 Å². The number of nitrogens with one attached hydrogen (secondary N) is 1. The highest BCUT2D eigenvalue weighted by Gasteiger charge is 2.10. The Labute approximate surface area is 117 Å². The maximum Gasteiger partial charge on any atom is 0.272 e. The number of aromatic nitrogens is 2. The number of benzene rings is 1. The molecule has 0 radical (unpaired) electrons. The Morgan fingerprint density at radius 2 is 2.25 bits per heavy atom. The van der Waals surface area contributed by atoms with E-state index in [9.17, 15) is 10.1 Å². The van der Waals surface area contributed by atoms with Crippen LogP contribution in [0.3, 0.4) is 0 Å². The number of nitro groups is 1. The summed E-state index contributed by atoms with van der Waals surface area (Å²) in [6.07, 6.45) is 4.71. The molecular formula is C14H18N4O2. The van der Waals surface area contributed by atoms with Crippen LogP contribution >= 0.6 is 0 Å². The molecular weight excluding hydrogens is 256 g/mol. The fraction of sp³-hybridized carbons (Fsp3) is 0.357. The van der Waals surface area contributed by atoms with Crippen molar-refractivity contribution < 1.29 is 4.92 Å². The van der Waals surface area contributed by atoms with Crippen LogP contribution in [0.1, 0.15) is 24.6 Å². The highest BCUT2D eigenvalue weighted by atomic mass is 16.6. The minimum atomic E-state index is -0.366. The maximum atomic E-state index is 10.8. The van der Waals surface area contributed by atoms with Gasteiger partial charge < -0.3 is 9.88 Å². The van der Waals surface area contributed by atoms with Crippen molar-refractivity contribution in [2.24, 2.45) is 0 Å². The van der Waals surface area contributed by atoms with E-state index >= 15 is 0 Å². The molecule has 6 heteroatoms. The fourth-order valence-corrected chi connectivity index (χ4v) is 2.10. The second-order valence-corrected chi connectivity index (χ2v) is 4.69. The van der Waals surface area contributed by atoms with Gasteiger partial charge in [-0.1, -0.05) is 6.92 Å². The zero-order valence-corrected chi connectivity index (χ0v) is 11.7. The summed E-state index contributed by atoms with van der Waals surface area (Å²) in [6, 6.07) is 5.05. The summed E-state index contributed by atoms with van der Waals surface area (Å²) in [5, 5.41) is 14.0. The molecule has 0 atom stereocenters. The molecule has 0 bridgehead atoms. The van der Waals surface area contributed by atoms with Gasteiger partial charge >= 0.3 is 0 Å². The van der Waals surface area contributed by atoms with Crippen LogP contribution in [0.15, 0.2) is 30.7 Å².